The minimum absolute atomic E-state index is 0.154. The monoisotopic (exact) mass is 447 g/mol. The molecule has 0 unspecified atom stereocenters. The number of hydrogen-bond donors (Lipinski definition) is 0. The van der Waals surface area contributed by atoms with Crippen molar-refractivity contribution < 1.29 is 9.59 Å². The van der Waals surface area contributed by atoms with E-state index in [0.29, 0.717) is 21.3 Å². The predicted octanol–water partition coefficient (Wildman–Crippen LogP) is 6.17. The van der Waals surface area contributed by atoms with Crippen molar-refractivity contribution >= 4 is 40.8 Å². The fourth-order valence-electron chi connectivity index (χ4n) is 3.51. The summed E-state index contributed by atoms with van der Waals surface area (Å²) < 4.78 is 0. The van der Waals surface area contributed by atoms with Gasteiger partial charge in [-0.3, -0.25) is 14.5 Å². The van der Waals surface area contributed by atoms with Gasteiger partial charge in [-0.05, 0) is 47.7 Å². The Morgan fingerprint density at radius 1 is 0.839 bits per heavy atom. The molecule has 1 heterocycles. The van der Waals surface area contributed by atoms with Crippen LogP contribution in [0.15, 0.2) is 77.7 Å². The van der Waals surface area contributed by atoms with Crippen LogP contribution < -0.4 is 0 Å². The molecule has 2 amide bonds. The molecule has 156 valence electrons. The first kappa shape index (κ1) is 21.4. The second-order valence-electron chi connectivity index (χ2n) is 7.57. The van der Waals surface area contributed by atoms with Gasteiger partial charge < -0.3 is 0 Å². The van der Waals surface area contributed by atoms with Gasteiger partial charge in [-0.2, -0.15) is 0 Å². The SMILES string of the molecule is Cc1ccc(C2=C(SCc3ccccc3)C(=O)N(Cc3ccccc3Cl)C2=O)cc1C. The maximum Gasteiger partial charge on any atom is 0.268 e. The first-order chi connectivity index (χ1) is 15.0. The van der Waals surface area contributed by atoms with E-state index in [1.54, 1.807) is 6.07 Å². The Labute approximate surface area is 191 Å². The molecular weight excluding hydrogens is 426 g/mol. The van der Waals surface area contributed by atoms with Crippen molar-refractivity contribution in [2.75, 3.05) is 0 Å². The van der Waals surface area contributed by atoms with Crippen LogP contribution in [-0.4, -0.2) is 16.7 Å². The Morgan fingerprint density at radius 3 is 2.26 bits per heavy atom. The van der Waals surface area contributed by atoms with Crippen molar-refractivity contribution in [2.45, 2.75) is 26.1 Å². The number of hydrogen-bond acceptors (Lipinski definition) is 3. The second kappa shape index (κ2) is 9.13. The molecule has 0 spiro atoms. The van der Waals surface area contributed by atoms with Gasteiger partial charge in [0, 0.05) is 10.8 Å². The summed E-state index contributed by atoms with van der Waals surface area (Å²) in [5.41, 5.74) is 5.33. The molecule has 1 aliphatic rings. The fourth-order valence-corrected chi connectivity index (χ4v) is 4.79. The molecular formula is C26H22ClNO2S. The molecule has 3 aromatic rings. The third kappa shape index (κ3) is 4.46. The Morgan fingerprint density at radius 2 is 1.55 bits per heavy atom. The van der Waals surface area contributed by atoms with Crippen LogP contribution in [0.25, 0.3) is 5.57 Å². The van der Waals surface area contributed by atoms with Gasteiger partial charge >= 0.3 is 0 Å². The third-order valence-electron chi connectivity index (χ3n) is 5.43. The molecule has 0 bridgehead atoms. The summed E-state index contributed by atoms with van der Waals surface area (Å²) in [4.78, 5) is 28.6. The van der Waals surface area contributed by atoms with E-state index < -0.39 is 0 Å². The van der Waals surface area contributed by atoms with Crippen molar-refractivity contribution in [1.82, 2.24) is 4.90 Å². The number of aryl methyl sites for hydroxylation is 2. The van der Waals surface area contributed by atoms with E-state index in [4.69, 9.17) is 11.6 Å². The largest absolute Gasteiger partial charge is 0.269 e. The number of halogens is 1. The second-order valence-corrected chi connectivity index (χ2v) is 8.96. The fraction of sp³-hybridized carbons (Fsp3) is 0.154. The van der Waals surface area contributed by atoms with E-state index in [-0.39, 0.29) is 18.4 Å². The number of carbonyl (C=O) groups is 2. The molecule has 0 radical (unpaired) electrons. The van der Waals surface area contributed by atoms with Gasteiger partial charge in [0.05, 0.1) is 17.0 Å². The van der Waals surface area contributed by atoms with Gasteiger partial charge in [0.15, 0.2) is 0 Å². The minimum atomic E-state index is -0.274. The Balaban J connectivity index is 1.71. The lowest BCUT2D eigenvalue weighted by Crippen LogP contribution is -2.31. The zero-order valence-corrected chi connectivity index (χ0v) is 19.0. The number of imide groups is 1. The molecule has 3 nitrogen and oxygen atoms in total. The van der Waals surface area contributed by atoms with Crippen molar-refractivity contribution in [1.29, 1.82) is 0 Å². The number of nitrogens with zero attached hydrogens (tertiary/aromatic N) is 1. The number of amides is 2. The number of benzene rings is 3. The number of carbonyl (C=O) groups excluding carboxylic acids is 2. The van der Waals surface area contributed by atoms with E-state index >= 15 is 0 Å². The maximum absolute atomic E-state index is 13.4. The summed E-state index contributed by atoms with van der Waals surface area (Å²) in [6, 6.07) is 23.1. The number of thioether (sulfide) groups is 1. The zero-order chi connectivity index (χ0) is 22.0. The van der Waals surface area contributed by atoms with Crippen LogP contribution in [-0.2, 0) is 21.9 Å². The van der Waals surface area contributed by atoms with Crippen LogP contribution >= 0.6 is 23.4 Å². The average molecular weight is 448 g/mol. The quantitative estimate of drug-likeness (QED) is 0.424. The van der Waals surface area contributed by atoms with Crippen LogP contribution in [0.1, 0.15) is 27.8 Å². The van der Waals surface area contributed by atoms with Crippen molar-refractivity contribution in [3.8, 4) is 0 Å². The highest BCUT2D eigenvalue weighted by Gasteiger charge is 2.39. The summed E-state index contributed by atoms with van der Waals surface area (Å²) in [5, 5.41) is 0.543. The van der Waals surface area contributed by atoms with Crippen molar-refractivity contribution in [3.05, 3.63) is 111 Å². The van der Waals surface area contributed by atoms with Crippen LogP contribution in [0.2, 0.25) is 5.02 Å². The summed E-state index contributed by atoms with van der Waals surface area (Å²) in [5.74, 6) is 0.0755. The molecule has 0 atom stereocenters. The van der Waals surface area contributed by atoms with E-state index in [2.05, 4.69) is 0 Å². The normalized spacial score (nSPS) is 14.0. The molecule has 0 saturated heterocycles. The highest BCUT2D eigenvalue weighted by atomic mass is 35.5. The van der Waals surface area contributed by atoms with E-state index in [9.17, 15) is 9.59 Å². The molecule has 0 fully saturated rings. The average Bonchev–Trinajstić information content (AvgIpc) is 3.00. The first-order valence-electron chi connectivity index (χ1n) is 10.0. The highest BCUT2D eigenvalue weighted by molar-refractivity contribution is 8.03. The van der Waals surface area contributed by atoms with E-state index in [1.807, 2.05) is 80.6 Å². The van der Waals surface area contributed by atoms with E-state index in [0.717, 1.165) is 27.8 Å². The Hall–Kier alpha value is -2.82. The molecule has 0 aromatic heterocycles. The standard InChI is InChI=1S/C26H22ClNO2S/c1-17-12-13-20(14-18(17)2)23-24(31-16-19-8-4-3-5-9-19)26(30)28(25(23)29)15-21-10-6-7-11-22(21)27/h3-14H,15-16H2,1-2H3. The zero-order valence-electron chi connectivity index (χ0n) is 17.4. The predicted molar refractivity (Wildman–Crippen MR) is 128 cm³/mol. The molecule has 0 aliphatic carbocycles. The lowest BCUT2D eigenvalue weighted by molar-refractivity contribution is -0.137. The van der Waals surface area contributed by atoms with Crippen molar-refractivity contribution in [3.63, 3.8) is 0 Å². The van der Waals surface area contributed by atoms with Crippen LogP contribution in [0.5, 0.6) is 0 Å². The van der Waals surface area contributed by atoms with Crippen molar-refractivity contribution in [2.24, 2.45) is 0 Å². The highest BCUT2D eigenvalue weighted by Crippen LogP contribution is 2.39. The third-order valence-corrected chi connectivity index (χ3v) is 6.95. The Bertz CT molecular complexity index is 1190. The maximum atomic E-state index is 13.4. The van der Waals surface area contributed by atoms with Gasteiger partial charge in [-0.15, -0.1) is 11.8 Å². The Kier molecular flexibility index (Phi) is 6.30. The molecule has 5 heteroatoms. The van der Waals surface area contributed by atoms with Crippen LogP contribution in [0.4, 0.5) is 0 Å². The minimum Gasteiger partial charge on any atom is -0.269 e. The van der Waals surface area contributed by atoms with E-state index in [1.165, 1.54) is 16.7 Å². The number of rotatable bonds is 6. The smallest absolute Gasteiger partial charge is 0.268 e. The summed E-state index contributed by atoms with van der Waals surface area (Å²) >= 11 is 7.71. The molecule has 4 rings (SSSR count). The molecule has 31 heavy (non-hydrogen) atoms. The van der Waals surface area contributed by atoms with Gasteiger partial charge in [0.2, 0.25) is 0 Å². The summed E-state index contributed by atoms with van der Waals surface area (Å²) in [6.07, 6.45) is 0. The first-order valence-corrected chi connectivity index (χ1v) is 11.4. The molecule has 1 aliphatic heterocycles. The lowest BCUT2D eigenvalue weighted by Gasteiger charge is -2.16. The summed E-state index contributed by atoms with van der Waals surface area (Å²) in [6.45, 7) is 4.20. The van der Waals surface area contributed by atoms with Gasteiger partial charge in [0.1, 0.15) is 0 Å². The van der Waals surface area contributed by atoms with Crippen LogP contribution in [0.3, 0.4) is 0 Å². The topological polar surface area (TPSA) is 37.4 Å². The van der Waals surface area contributed by atoms with Gasteiger partial charge in [-0.25, -0.2) is 0 Å². The van der Waals surface area contributed by atoms with Gasteiger partial charge in [-0.1, -0.05) is 78.3 Å². The van der Waals surface area contributed by atoms with Crippen LogP contribution in [0, 0.1) is 13.8 Å². The molecule has 3 aromatic carbocycles. The van der Waals surface area contributed by atoms with Gasteiger partial charge in [0.25, 0.3) is 11.8 Å². The lowest BCUT2D eigenvalue weighted by atomic mass is 10.0. The molecule has 0 saturated carbocycles. The summed E-state index contributed by atoms with van der Waals surface area (Å²) in [7, 11) is 0. The molecule has 0 N–H and O–H groups in total.